The molecule has 0 aromatic heterocycles. The summed E-state index contributed by atoms with van der Waals surface area (Å²) in [6.45, 7) is 0.545. The van der Waals surface area contributed by atoms with E-state index in [1.54, 1.807) is 0 Å². The third kappa shape index (κ3) is 4.73. The predicted octanol–water partition coefficient (Wildman–Crippen LogP) is 3.60. The molecule has 4 heteroatoms. The number of carbonyl (C=O) groups is 1. The van der Waals surface area contributed by atoms with Crippen molar-refractivity contribution in [2.45, 2.75) is 17.9 Å². The molecule has 0 radical (unpaired) electrons. The Kier molecular flexibility index (Phi) is 5.05. The average molecular weight is 336 g/mol. The first-order valence-electron chi connectivity index (χ1n) is 5.92. The molecule has 0 saturated carbocycles. The molecule has 2 rings (SSSR count). The van der Waals surface area contributed by atoms with Crippen LogP contribution in [-0.4, -0.2) is 5.91 Å². The second-order valence-electron chi connectivity index (χ2n) is 4.25. The average Bonchev–Trinajstić information content (AvgIpc) is 2.39. The van der Waals surface area contributed by atoms with Crippen LogP contribution in [0.15, 0.2) is 57.9 Å². The lowest BCUT2D eigenvalue weighted by atomic mass is 10.1. The zero-order chi connectivity index (χ0) is 13.7. The number of hydrogen-bond donors (Lipinski definition) is 2. The van der Waals surface area contributed by atoms with Gasteiger partial charge in [0, 0.05) is 15.9 Å². The number of halogens is 1. The number of thiol groups is 1. The molecule has 2 nitrogen and oxygen atoms in total. The summed E-state index contributed by atoms with van der Waals surface area (Å²) >= 11 is 7.63. The normalized spacial score (nSPS) is 10.2. The minimum atomic E-state index is 0.0203. The first-order chi connectivity index (χ1) is 9.13. The zero-order valence-corrected chi connectivity index (χ0v) is 12.7. The van der Waals surface area contributed by atoms with E-state index in [-0.39, 0.29) is 5.91 Å². The fourth-order valence-corrected chi connectivity index (χ4v) is 2.30. The van der Waals surface area contributed by atoms with E-state index in [0.29, 0.717) is 13.0 Å². The van der Waals surface area contributed by atoms with Gasteiger partial charge in [-0.15, -0.1) is 12.6 Å². The van der Waals surface area contributed by atoms with Gasteiger partial charge in [0.2, 0.25) is 5.91 Å². The van der Waals surface area contributed by atoms with Crippen LogP contribution in [-0.2, 0) is 17.8 Å². The number of carbonyl (C=O) groups excluding carboxylic acids is 1. The lowest BCUT2D eigenvalue weighted by Crippen LogP contribution is -2.24. The standard InChI is InChI=1S/C15H14BrNOS/c16-13-3-1-2-12(8-13)10-17-15(18)9-11-4-6-14(19)7-5-11/h1-8,19H,9-10H2,(H,17,18). The quantitative estimate of drug-likeness (QED) is 0.821. The predicted molar refractivity (Wildman–Crippen MR) is 83.4 cm³/mol. The minimum Gasteiger partial charge on any atom is -0.352 e. The van der Waals surface area contributed by atoms with Crippen LogP contribution in [0.2, 0.25) is 0 Å². The highest BCUT2D eigenvalue weighted by atomic mass is 79.9. The van der Waals surface area contributed by atoms with E-state index in [1.165, 1.54) is 0 Å². The molecule has 98 valence electrons. The zero-order valence-electron chi connectivity index (χ0n) is 10.3. The van der Waals surface area contributed by atoms with Crippen LogP contribution in [0.5, 0.6) is 0 Å². The van der Waals surface area contributed by atoms with E-state index in [0.717, 1.165) is 20.5 Å². The van der Waals surface area contributed by atoms with Crippen molar-refractivity contribution in [3.05, 3.63) is 64.1 Å². The molecule has 0 atom stereocenters. The number of benzene rings is 2. The van der Waals surface area contributed by atoms with Crippen molar-refractivity contribution in [2.75, 3.05) is 0 Å². The lowest BCUT2D eigenvalue weighted by molar-refractivity contribution is -0.120. The van der Waals surface area contributed by atoms with Crippen molar-refractivity contribution < 1.29 is 4.79 Å². The molecule has 2 aromatic rings. The van der Waals surface area contributed by atoms with E-state index >= 15 is 0 Å². The molecule has 0 fully saturated rings. The summed E-state index contributed by atoms with van der Waals surface area (Å²) < 4.78 is 1.02. The van der Waals surface area contributed by atoms with Crippen molar-refractivity contribution in [1.82, 2.24) is 5.32 Å². The molecule has 19 heavy (non-hydrogen) atoms. The Labute approximate surface area is 126 Å². The summed E-state index contributed by atoms with van der Waals surface area (Å²) in [5, 5.41) is 2.91. The van der Waals surface area contributed by atoms with Crippen LogP contribution in [0, 0.1) is 0 Å². The number of hydrogen-bond acceptors (Lipinski definition) is 2. The maximum atomic E-state index is 11.8. The summed E-state index contributed by atoms with van der Waals surface area (Å²) in [6.07, 6.45) is 0.391. The Morgan fingerprint density at radius 1 is 1.11 bits per heavy atom. The second kappa shape index (κ2) is 6.78. The highest BCUT2D eigenvalue weighted by Gasteiger charge is 2.03. The molecule has 0 spiro atoms. The SMILES string of the molecule is O=C(Cc1ccc(S)cc1)NCc1cccc(Br)c1. The summed E-state index contributed by atoms with van der Waals surface area (Å²) in [4.78, 5) is 12.7. The van der Waals surface area contributed by atoms with Gasteiger partial charge in [0.15, 0.2) is 0 Å². The van der Waals surface area contributed by atoms with Crippen molar-refractivity contribution in [2.24, 2.45) is 0 Å². The Morgan fingerprint density at radius 2 is 1.84 bits per heavy atom. The first kappa shape index (κ1) is 14.2. The molecule has 0 aliphatic carbocycles. The maximum absolute atomic E-state index is 11.8. The smallest absolute Gasteiger partial charge is 0.224 e. The Balaban J connectivity index is 1.86. The molecule has 0 unspecified atom stereocenters. The van der Waals surface area contributed by atoms with Crippen LogP contribution >= 0.6 is 28.6 Å². The van der Waals surface area contributed by atoms with E-state index in [1.807, 2.05) is 48.5 Å². The Morgan fingerprint density at radius 3 is 2.53 bits per heavy atom. The summed E-state index contributed by atoms with van der Waals surface area (Å²) in [5.41, 5.74) is 2.07. The van der Waals surface area contributed by atoms with Crippen LogP contribution in [0.25, 0.3) is 0 Å². The van der Waals surface area contributed by atoms with Gasteiger partial charge in [0.05, 0.1) is 6.42 Å². The number of amides is 1. The highest BCUT2D eigenvalue weighted by molar-refractivity contribution is 9.10. The van der Waals surface area contributed by atoms with E-state index in [4.69, 9.17) is 0 Å². The van der Waals surface area contributed by atoms with Gasteiger partial charge < -0.3 is 5.32 Å². The van der Waals surface area contributed by atoms with Gasteiger partial charge in [-0.2, -0.15) is 0 Å². The number of rotatable bonds is 4. The number of nitrogens with one attached hydrogen (secondary N) is 1. The third-order valence-electron chi connectivity index (χ3n) is 2.68. The van der Waals surface area contributed by atoms with E-state index < -0.39 is 0 Å². The Bertz CT molecular complexity index is 569. The molecule has 0 aliphatic heterocycles. The van der Waals surface area contributed by atoms with Crippen LogP contribution in [0.3, 0.4) is 0 Å². The second-order valence-corrected chi connectivity index (χ2v) is 5.68. The Hall–Kier alpha value is -1.26. The summed E-state index contributed by atoms with van der Waals surface area (Å²) in [6, 6.07) is 15.5. The van der Waals surface area contributed by atoms with Crippen molar-refractivity contribution in [1.29, 1.82) is 0 Å². The lowest BCUT2D eigenvalue weighted by Gasteiger charge is -2.06. The first-order valence-corrected chi connectivity index (χ1v) is 7.16. The topological polar surface area (TPSA) is 29.1 Å². The van der Waals surface area contributed by atoms with Crippen molar-refractivity contribution in [3.63, 3.8) is 0 Å². The van der Waals surface area contributed by atoms with Gasteiger partial charge in [-0.3, -0.25) is 4.79 Å². The van der Waals surface area contributed by atoms with Gasteiger partial charge in [-0.1, -0.05) is 40.2 Å². The van der Waals surface area contributed by atoms with E-state index in [2.05, 4.69) is 33.9 Å². The molecule has 0 bridgehead atoms. The van der Waals surface area contributed by atoms with Gasteiger partial charge in [-0.25, -0.2) is 0 Å². The maximum Gasteiger partial charge on any atom is 0.224 e. The van der Waals surface area contributed by atoms with Gasteiger partial charge in [-0.05, 0) is 35.4 Å². The summed E-state index contributed by atoms with van der Waals surface area (Å²) in [5.74, 6) is 0.0203. The molecule has 2 aromatic carbocycles. The molecular formula is C15H14BrNOS. The largest absolute Gasteiger partial charge is 0.352 e. The van der Waals surface area contributed by atoms with Crippen LogP contribution in [0.1, 0.15) is 11.1 Å². The fourth-order valence-electron chi connectivity index (χ4n) is 1.71. The highest BCUT2D eigenvalue weighted by Crippen LogP contribution is 2.11. The monoisotopic (exact) mass is 335 g/mol. The van der Waals surface area contributed by atoms with Gasteiger partial charge >= 0.3 is 0 Å². The fraction of sp³-hybridized carbons (Fsp3) is 0.133. The molecule has 1 N–H and O–H groups in total. The summed E-state index contributed by atoms with van der Waals surface area (Å²) in [7, 11) is 0. The van der Waals surface area contributed by atoms with E-state index in [9.17, 15) is 4.79 Å². The molecule has 0 aliphatic rings. The minimum absolute atomic E-state index is 0.0203. The molecular weight excluding hydrogens is 322 g/mol. The molecule has 0 saturated heterocycles. The third-order valence-corrected chi connectivity index (χ3v) is 3.47. The van der Waals surface area contributed by atoms with Crippen molar-refractivity contribution in [3.8, 4) is 0 Å². The molecule has 1 amide bonds. The van der Waals surface area contributed by atoms with Crippen LogP contribution < -0.4 is 5.32 Å². The van der Waals surface area contributed by atoms with Gasteiger partial charge in [0.1, 0.15) is 0 Å². The van der Waals surface area contributed by atoms with Crippen molar-refractivity contribution >= 4 is 34.5 Å². The molecule has 0 heterocycles. The van der Waals surface area contributed by atoms with Gasteiger partial charge in [0.25, 0.3) is 0 Å². The van der Waals surface area contributed by atoms with Crippen LogP contribution in [0.4, 0.5) is 0 Å².